The molecule has 0 aliphatic carbocycles. The van der Waals surface area contributed by atoms with Gasteiger partial charge in [-0.2, -0.15) is 0 Å². The van der Waals surface area contributed by atoms with Gasteiger partial charge in [-0.1, -0.05) is 31.8 Å². The van der Waals surface area contributed by atoms with Crippen molar-refractivity contribution in [2.45, 2.75) is 70.4 Å². The van der Waals surface area contributed by atoms with Crippen LogP contribution in [-0.2, 0) is 9.59 Å². The smallest absolute Gasteiger partial charge is 0.328 e. The zero-order valence-corrected chi connectivity index (χ0v) is 12.3. The quantitative estimate of drug-likeness (QED) is 0.379. The standard InChI is InChI=1S/C15H27NO4/c1-3-4-5-6-7-8-9-10-11-13(18)16-14(12(2)17)15(19)20/h3,12,14,17H,1,4-11H2,2H3,(H,16,18)(H,19,20)/t12-,14-/m0/s1. The summed E-state index contributed by atoms with van der Waals surface area (Å²) in [4.78, 5) is 22.3. The number of aliphatic hydroxyl groups is 1. The Morgan fingerprint density at radius 2 is 1.70 bits per heavy atom. The molecule has 0 aliphatic rings. The highest BCUT2D eigenvalue weighted by Gasteiger charge is 2.24. The van der Waals surface area contributed by atoms with Crippen LogP contribution in [0.3, 0.4) is 0 Å². The fourth-order valence-electron chi connectivity index (χ4n) is 1.92. The second-order valence-electron chi connectivity index (χ2n) is 5.07. The number of rotatable bonds is 12. The molecule has 0 aliphatic heterocycles. The van der Waals surface area contributed by atoms with Gasteiger partial charge in [0.15, 0.2) is 6.04 Å². The lowest BCUT2D eigenvalue weighted by molar-refractivity contribution is -0.144. The van der Waals surface area contributed by atoms with E-state index in [-0.39, 0.29) is 5.91 Å². The number of hydrogen-bond acceptors (Lipinski definition) is 3. The summed E-state index contributed by atoms with van der Waals surface area (Å²) < 4.78 is 0. The molecule has 0 bridgehead atoms. The number of nitrogens with one attached hydrogen (secondary N) is 1. The van der Waals surface area contributed by atoms with Crippen molar-refractivity contribution in [1.82, 2.24) is 5.32 Å². The van der Waals surface area contributed by atoms with Crippen LogP contribution in [0.25, 0.3) is 0 Å². The number of carbonyl (C=O) groups excluding carboxylic acids is 1. The van der Waals surface area contributed by atoms with Gasteiger partial charge in [0.25, 0.3) is 0 Å². The van der Waals surface area contributed by atoms with Gasteiger partial charge < -0.3 is 15.5 Å². The summed E-state index contributed by atoms with van der Waals surface area (Å²) in [6.45, 7) is 5.02. The van der Waals surface area contributed by atoms with Gasteiger partial charge in [-0.25, -0.2) is 4.79 Å². The molecule has 116 valence electrons. The van der Waals surface area contributed by atoms with Crippen LogP contribution in [0.15, 0.2) is 12.7 Å². The van der Waals surface area contributed by atoms with E-state index in [4.69, 9.17) is 5.11 Å². The molecule has 1 amide bonds. The summed E-state index contributed by atoms with van der Waals surface area (Å²) in [5, 5.41) is 20.4. The highest BCUT2D eigenvalue weighted by molar-refractivity contribution is 5.83. The molecule has 0 radical (unpaired) electrons. The summed E-state index contributed by atoms with van der Waals surface area (Å²) in [5.74, 6) is -1.53. The maximum atomic E-state index is 11.5. The number of hydrogen-bond donors (Lipinski definition) is 3. The molecular weight excluding hydrogens is 258 g/mol. The van der Waals surface area contributed by atoms with Crippen molar-refractivity contribution < 1.29 is 19.8 Å². The zero-order chi connectivity index (χ0) is 15.4. The second-order valence-corrected chi connectivity index (χ2v) is 5.07. The van der Waals surface area contributed by atoms with Crippen molar-refractivity contribution in [1.29, 1.82) is 0 Å². The van der Waals surface area contributed by atoms with Crippen molar-refractivity contribution in [2.75, 3.05) is 0 Å². The molecule has 0 aromatic heterocycles. The highest BCUT2D eigenvalue weighted by atomic mass is 16.4. The van der Waals surface area contributed by atoms with E-state index in [0.29, 0.717) is 6.42 Å². The summed E-state index contributed by atoms with van der Waals surface area (Å²) in [6, 6.07) is -1.22. The monoisotopic (exact) mass is 285 g/mol. The summed E-state index contributed by atoms with van der Waals surface area (Å²) >= 11 is 0. The van der Waals surface area contributed by atoms with Gasteiger partial charge in [0.05, 0.1) is 6.10 Å². The molecule has 20 heavy (non-hydrogen) atoms. The number of unbranched alkanes of at least 4 members (excludes halogenated alkanes) is 6. The Morgan fingerprint density at radius 3 is 2.20 bits per heavy atom. The van der Waals surface area contributed by atoms with Crippen molar-refractivity contribution in [3.05, 3.63) is 12.7 Å². The van der Waals surface area contributed by atoms with Crippen LogP contribution in [0.4, 0.5) is 0 Å². The van der Waals surface area contributed by atoms with Gasteiger partial charge in [-0.05, 0) is 26.2 Å². The van der Waals surface area contributed by atoms with Crippen molar-refractivity contribution in [2.24, 2.45) is 0 Å². The summed E-state index contributed by atoms with van der Waals surface area (Å²) in [6.07, 6.45) is 8.49. The summed E-state index contributed by atoms with van der Waals surface area (Å²) in [7, 11) is 0. The molecule has 0 rings (SSSR count). The lowest BCUT2D eigenvalue weighted by Crippen LogP contribution is -2.47. The van der Waals surface area contributed by atoms with Gasteiger partial charge in [0, 0.05) is 6.42 Å². The van der Waals surface area contributed by atoms with Crippen LogP contribution < -0.4 is 5.32 Å². The minimum Gasteiger partial charge on any atom is -0.480 e. The van der Waals surface area contributed by atoms with Gasteiger partial charge in [-0.3, -0.25) is 4.79 Å². The van der Waals surface area contributed by atoms with E-state index in [0.717, 1.165) is 32.1 Å². The van der Waals surface area contributed by atoms with Crippen molar-refractivity contribution in [3.63, 3.8) is 0 Å². The summed E-state index contributed by atoms with van der Waals surface area (Å²) in [5.41, 5.74) is 0. The Kier molecular flexibility index (Phi) is 10.7. The molecule has 3 N–H and O–H groups in total. The van der Waals surface area contributed by atoms with Crippen LogP contribution in [0.1, 0.15) is 58.3 Å². The van der Waals surface area contributed by atoms with E-state index >= 15 is 0 Å². The molecule has 5 nitrogen and oxygen atoms in total. The van der Waals surface area contributed by atoms with Crippen LogP contribution in [0.5, 0.6) is 0 Å². The third kappa shape index (κ3) is 9.55. The molecule has 0 heterocycles. The third-order valence-corrected chi connectivity index (χ3v) is 3.13. The fraction of sp³-hybridized carbons (Fsp3) is 0.733. The zero-order valence-electron chi connectivity index (χ0n) is 12.3. The van der Waals surface area contributed by atoms with Crippen molar-refractivity contribution in [3.8, 4) is 0 Å². The first-order chi connectivity index (χ1) is 9.49. The Balaban J connectivity index is 3.62. The number of carboxylic acids is 1. The molecule has 2 atom stereocenters. The van der Waals surface area contributed by atoms with Crippen LogP contribution >= 0.6 is 0 Å². The van der Waals surface area contributed by atoms with Crippen LogP contribution in [0.2, 0.25) is 0 Å². The van der Waals surface area contributed by atoms with Crippen molar-refractivity contribution >= 4 is 11.9 Å². The van der Waals surface area contributed by atoms with Gasteiger partial charge >= 0.3 is 5.97 Å². The Labute approximate surface area is 121 Å². The molecule has 0 saturated heterocycles. The first-order valence-corrected chi connectivity index (χ1v) is 7.30. The number of aliphatic hydroxyl groups excluding tert-OH is 1. The molecular formula is C15H27NO4. The van der Waals surface area contributed by atoms with E-state index in [2.05, 4.69) is 11.9 Å². The SMILES string of the molecule is C=CCCCCCCCCC(=O)N[C@H](C(=O)O)[C@H](C)O. The number of allylic oxidation sites excluding steroid dienone is 1. The van der Waals surface area contributed by atoms with E-state index < -0.39 is 18.1 Å². The number of amides is 1. The second kappa shape index (κ2) is 11.5. The van der Waals surface area contributed by atoms with Crippen LogP contribution in [-0.4, -0.2) is 34.2 Å². The van der Waals surface area contributed by atoms with E-state index in [1.165, 1.54) is 19.8 Å². The third-order valence-electron chi connectivity index (χ3n) is 3.13. The topological polar surface area (TPSA) is 86.6 Å². The van der Waals surface area contributed by atoms with E-state index in [1.54, 1.807) is 0 Å². The lowest BCUT2D eigenvalue weighted by Gasteiger charge is -2.16. The molecule has 0 fully saturated rings. The predicted octanol–water partition coefficient (Wildman–Crippen LogP) is 2.24. The molecule has 0 unspecified atom stereocenters. The fourth-order valence-corrected chi connectivity index (χ4v) is 1.92. The number of carbonyl (C=O) groups is 2. The van der Waals surface area contributed by atoms with E-state index in [1.807, 2.05) is 6.08 Å². The van der Waals surface area contributed by atoms with Gasteiger partial charge in [0.2, 0.25) is 5.91 Å². The molecule has 5 heteroatoms. The average Bonchev–Trinajstić information content (AvgIpc) is 2.38. The van der Waals surface area contributed by atoms with Crippen LogP contribution in [0, 0.1) is 0 Å². The molecule has 0 spiro atoms. The number of aliphatic carboxylic acids is 1. The Bertz CT molecular complexity index is 302. The first-order valence-electron chi connectivity index (χ1n) is 7.30. The predicted molar refractivity (Wildman–Crippen MR) is 78.4 cm³/mol. The normalized spacial score (nSPS) is 13.5. The molecule has 0 saturated carbocycles. The Morgan fingerprint density at radius 1 is 1.15 bits per heavy atom. The van der Waals surface area contributed by atoms with Gasteiger partial charge in [0.1, 0.15) is 0 Å². The van der Waals surface area contributed by atoms with E-state index in [9.17, 15) is 14.7 Å². The molecule has 0 aromatic carbocycles. The largest absolute Gasteiger partial charge is 0.480 e. The minimum atomic E-state index is -1.22. The minimum absolute atomic E-state index is 0.309. The first kappa shape index (κ1) is 18.6. The maximum Gasteiger partial charge on any atom is 0.328 e. The highest BCUT2D eigenvalue weighted by Crippen LogP contribution is 2.09. The number of carboxylic acid groups (broad SMARTS) is 1. The van der Waals surface area contributed by atoms with Gasteiger partial charge in [-0.15, -0.1) is 6.58 Å². The Hall–Kier alpha value is -1.36. The lowest BCUT2D eigenvalue weighted by atomic mass is 10.1. The average molecular weight is 285 g/mol. The molecule has 0 aromatic rings. The maximum absolute atomic E-state index is 11.5.